The second-order valence-corrected chi connectivity index (χ2v) is 2.82. The molecule has 48 valence electrons. The molecule has 0 unspecified atom stereocenters. The van der Waals surface area contributed by atoms with Crippen molar-refractivity contribution < 1.29 is 0 Å². The van der Waals surface area contributed by atoms with Crippen LogP contribution in [0.4, 0.5) is 0 Å². The summed E-state index contributed by atoms with van der Waals surface area (Å²) < 4.78 is 2.10. The SMILES string of the molecule is Cn1cncc(I)c1=O. The molecule has 0 spiro atoms. The topological polar surface area (TPSA) is 34.9 Å². The molecule has 3 nitrogen and oxygen atoms in total. The molecule has 9 heavy (non-hydrogen) atoms. The van der Waals surface area contributed by atoms with Crippen LogP contribution >= 0.6 is 22.6 Å². The Kier molecular flexibility index (Phi) is 1.84. The van der Waals surface area contributed by atoms with Gasteiger partial charge in [0, 0.05) is 13.2 Å². The van der Waals surface area contributed by atoms with Crippen LogP contribution in [0.25, 0.3) is 0 Å². The van der Waals surface area contributed by atoms with E-state index in [0.29, 0.717) is 3.57 Å². The molecule has 4 heteroatoms. The first-order valence-corrected chi connectivity index (χ1v) is 3.46. The summed E-state index contributed by atoms with van der Waals surface area (Å²) in [7, 11) is 1.68. The van der Waals surface area contributed by atoms with Crippen LogP contribution in [-0.2, 0) is 7.05 Å². The molecule has 1 aromatic rings. The summed E-state index contributed by atoms with van der Waals surface area (Å²) in [5.41, 5.74) is 0.00519. The molecule has 1 aromatic heterocycles. The summed E-state index contributed by atoms with van der Waals surface area (Å²) in [4.78, 5) is 14.7. The molecule has 0 N–H and O–H groups in total. The van der Waals surface area contributed by atoms with Crippen LogP contribution in [0.15, 0.2) is 17.3 Å². The van der Waals surface area contributed by atoms with Crippen molar-refractivity contribution in [2.24, 2.45) is 7.05 Å². The summed E-state index contributed by atoms with van der Waals surface area (Å²) in [6.45, 7) is 0. The predicted octanol–water partition coefficient (Wildman–Crippen LogP) is 0.385. The van der Waals surface area contributed by atoms with Crippen molar-refractivity contribution in [3.05, 3.63) is 26.4 Å². The number of aryl methyl sites for hydroxylation is 1. The number of aromatic nitrogens is 2. The first kappa shape index (κ1) is 6.73. The van der Waals surface area contributed by atoms with Gasteiger partial charge in [0.25, 0.3) is 5.56 Å². The monoisotopic (exact) mass is 236 g/mol. The van der Waals surface area contributed by atoms with Gasteiger partial charge in [0.2, 0.25) is 0 Å². The molecule has 0 radical (unpaired) electrons. The van der Waals surface area contributed by atoms with E-state index in [1.54, 1.807) is 13.2 Å². The third-order valence-electron chi connectivity index (χ3n) is 0.952. The van der Waals surface area contributed by atoms with Crippen LogP contribution in [0.1, 0.15) is 0 Å². The standard InChI is InChI=1S/C5H5IN2O/c1-8-3-7-2-4(6)5(8)9/h2-3H,1H3. The van der Waals surface area contributed by atoms with Gasteiger partial charge in [0.15, 0.2) is 0 Å². The van der Waals surface area contributed by atoms with Gasteiger partial charge in [-0.2, -0.15) is 0 Å². The molecule has 0 amide bonds. The third-order valence-corrected chi connectivity index (χ3v) is 1.69. The Bertz CT molecular complexity index is 245. The Balaban J connectivity index is 3.43. The summed E-state index contributed by atoms with van der Waals surface area (Å²) in [5, 5.41) is 0. The van der Waals surface area contributed by atoms with E-state index in [0.717, 1.165) is 0 Å². The molecular formula is C5H5IN2O. The normalized spacial score (nSPS) is 9.56. The highest BCUT2D eigenvalue weighted by molar-refractivity contribution is 14.1. The van der Waals surface area contributed by atoms with Gasteiger partial charge in [-0.05, 0) is 22.6 Å². The van der Waals surface area contributed by atoms with Gasteiger partial charge in [0.1, 0.15) is 0 Å². The average molecular weight is 236 g/mol. The van der Waals surface area contributed by atoms with Gasteiger partial charge in [-0.1, -0.05) is 0 Å². The van der Waals surface area contributed by atoms with Crippen LogP contribution in [0.2, 0.25) is 0 Å². The second kappa shape index (κ2) is 2.47. The Morgan fingerprint density at radius 1 is 1.78 bits per heavy atom. The molecule has 0 bridgehead atoms. The highest BCUT2D eigenvalue weighted by Crippen LogP contribution is 1.90. The third kappa shape index (κ3) is 1.29. The van der Waals surface area contributed by atoms with E-state index < -0.39 is 0 Å². The van der Waals surface area contributed by atoms with Gasteiger partial charge >= 0.3 is 0 Å². The molecule has 0 saturated carbocycles. The minimum atomic E-state index is 0.00519. The average Bonchev–Trinajstić information content (AvgIpc) is 1.83. The van der Waals surface area contributed by atoms with Crippen LogP contribution in [0.5, 0.6) is 0 Å². The number of nitrogens with zero attached hydrogens (tertiary/aromatic N) is 2. The van der Waals surface area contributed by atoms with Crippen LogP contribution in [-0.4, -0.2) is 9.55 Å². The smallest absolute Gasteiger partial charge is 0.266 e. The fraction of sp³-hybridized carbons (Fsp3) is 0.200. The van der Waals surface area contributed by atoms with Crippen molar-refractivity contribution in [2.45, 2.75) is 0 Å². The zero-order valence-corrected chi connectivity index (χ0v) is 6.99. The maximum Gasteiger partial charge on any atom is 0.266 e. The lowest BCUT2D eigenvalue weighted by Gasteiger charge is -1.92. The summed E-state index contributed by atoms with van der Waals surface area (Å²) in [6, 6.07) is 0. The first-order valence-electron chi connectivity index (χ1n) is 2.38. The molecule has 0 aliphatic carbocycles. The Morgan fingerprint density at radius 2 is 2.44 bits per heavy atom. The molecule has 0 aliphatic rings. The fourth-order valence-corrected chi connectivity index (χ4v) is 1.02. The number of rotatable bonds is 0. The summed E-state index contributed by atoms with van der Waals surface area (Å²) >= 11 is 1.95. The summed E-state index contributed by atoms with van der Waals surface area (Å²) in [5.74, 6) is 0. The van der Waals surface area contributed by atoms with Crippen molar-refractivity contribution in [1.82, 2.24) is 9.55 Å². The predicted molar refractivity (Wildman–Crippen MR) is 42.2 cm³/mol. The van der Waals surface area contributed by atoms with Crippen LogP contribution in [0.3, 0.4) is 0 Å². The molecule has 0 fully saturated rings. The van der Waals surface area contributed by atoms with Crippen molar-refractivity contribution in [1.29, 1.82) is 0 Å². The van der Waals surface area contributed by atoms with Crippen LogP contribution in [0, 0.1) is 3.57 Å². The quantitative estimate of drug-likeness (QED) is 0.610. The van der Waals surface area contributed by atoms with Crippen molar-refractivity contribution in [3.8, 4) is 0 Å². The highest BCUT2D eigenvalue weighted by Gasteiger charge is 1.93. The van der Waals surface area contributed by atoms with E-state index in [9.17, 15) is 4.79 Å². The minimum Gasteiger partial charge on any atom is -0.302 e. The van der Waals surface area contributed by atoms with Crippen molar-refractivity contribution >= 4 is 22.6 Å². The lowest BCUT2D eigenvalue weighted by molar-refractivity contribution is 0.816. The maximum atomic E-state index is 10.9. The Labute approximate surface area is 65.9 Å². The lowest BCUT2D eigenvalue weighted by atomic mass is 10.6. The van der Waals surface area contributed by atoms with E-state index in [2.05, 4.69) is 4.98 Å². The van der Waals surface area contributed by atoms with Crippen molar-refractivity contribution in [2.75, 3.05) is 0 Å². The molecule has 0 aliphatic heterocycles. The Morgan fingerprint density at radius 3 is 2.89 bits per heavy atom. The van der Waals surface area contributed by atoms with E-state index in [1.807, 2.05) is 22.6 Å². The number of hydrogen-bond donors (Lipinski definition) is 0. The highest BCUT2D eigenvalue weighted by atomic mass is 127. The van der Waals surface area contributed by atoms with Crippen LogP contribution < -0.4 is 5.56 Å². The van der Waals surface area contributed by atoms with E-state index >= 15 is 0 Å². The minimum absolute atomic E-state index is 0.00519. The first-order chi connectivity index (χ1) is 4.22. The van der Waals surface area contributed by atoms with Gasteiger partial charge in [-0.3, -0.25) is 4.79 Å². The number of halogens is 1. The molecular weight excluding hydrogens is 231 g/mol. The zero-order valence-electron chi connectivity index (χ0n) is 4.84. The molecule has 1 heterocycles. The molecule has 1 rings (SSSR count). The number of hydrogen-bond acceptors (Lipinski definition) is 2. The van der Waals surface area contributed by atoms with E-state index in [1.165, 1.54) is 10.9 Å². The maximum absolute atomic E-state index is 10.9. The Hall–Kier alpha value is -0.390. The molecule has 0 aromatic carbocycles. The largest absolute Gasteiger partial charge is 0.302 e. The molecule has 0 atom stereocenters. The van der Waals surface area contributed by atoms with Crippen molar-refractivity contribution in [3.63, 3.8) is 0 Å². The van der Waals surface area contributed by atoms with Gasteiger partial charge < -0.3 is 4.57 Å². The fourth-order valence-electron chi connectivity index (χ4n) is 0.475. The lowest BCUT2D eigenvalue weighted by Crippen LogP contribution is -2.18. The van der Waals surface area contributed by atoms with E-state index in [4.69, 9.17) is 0 Å². The van der Waals surface area contributed by atoms with Gasteiger partial charge in [0.05, 0.1) is 9.90 Å². The van der Waals surface area contributed by atoms with Gasteiger partial charge in [-0.25, -0.2) is 4.98 Å². The molecule has 0 saturated heterocycles. The second-order valence-electron chi connectivity index (χ2n) is 1.66. The summed E-state index contributed by atoms with van der Waals surface area (Å²) in [6.07, 6.45) is 3.04. The zero-order chi connectivity index (χ0) is 6.85. The van der Waals surface area contributed by atoms with Gasteiger partial charge in [-0.15, -0.1) is 0 Å². The van der Waals surface area contributed by atoms with E-state index in [-0.39, 0.29) is 5.56 Å².